The van der Waals surface area contributed by atoms with Crippen molar-refractivity contribution in [3.63, 3.8) is 0 Å². The van der Waals surface area contributed by atoms with Crippen LogP contribution < -0.4 is 10.6 Å². The lowest BCUT2D eigenvalue weighted by atomic mass is 10.1. The Labute approximate surface area is 116 Å². The Hall–Kier alpha value is -1.51. The highest BCUT2D eigenvalue weighted by atomic mass is 16.2. The molecular weight excluding hydrogens is 236 g/mol. The van der Waals surface area contributed by atoms with Gasteiger partial charge in [-0.1, -0.05) is 25.8 Å². The molecule has 1 aromatic carbocycles. The zero-order valence-corrected chi connectivity index (χ0v) is 12.5. The zero-order chi connectivity index (χ0) is 14.3. The van der Waals surface area contributed by atoms with E-state index >= 15 is 0 Å². The lowest BCUT2D eigenvalue weighted by molar-refractivity contribution is -0.121. The number of aryl methyl sites for hydroxylation is 2. The number of benzene rings is 1. The molecular formula is C16H26N2O. The monoisotopic (exact) mass is 262 g/mol. The van der Waals surface area contributed by atoms with Crippen LogP contribution in [-0.2, 0) is 4.79 Å². The van der Waals surface area contributed by atoms with E-state index in [-0.39, 0.29) is 11.9 Å². The van der Waals surface area contributed by atoms with Crippen molar-refractivity contribution in [2.24, 2.45) is 0 Å². The maximum atomic E-state index is 11.9. The molecule has 0 radical (unpaired) electrons. The van der Waals surface area contributed by atoms with E-state index in [2.05, 4.69) is 43.5 Å². The van der Waals surface area contributed by atoms with Crippen molar-refractivity contribution >= 4 is 11.6 Å². The van der Waals surface area contributed by atoms with Crippen LogP contribution in [0, 0.1) is 13.8 Å². The molecule has 0 fully saturated rings. The fourth-order valence-electron chi connectivity index (χ4n) is 1.89. The number of carbonyl (C=O) groups is 1. The van der Waals surface area contributed by atoms with E-state index in [1.165, 1.54) is 24.0 Å². The Morgan fingerprint density at radius 3 is 2.58 bits per heavy atom. The second-order valence-corrected chi connectivity index (χ2v) is 5.16. The quantitative estimate of drug-likeness (QED) is 0.739. The third-order valence-electron chi connectivity index (χ3n) is 3.36. The Morgan fingerprint density at radius 1 is 1.21 bits per heavy atom. The van der Waals surface area contributed by atoms with Gasteiger partial charge in [0.1, 0.15) is 6.04 Å². The van der Waals surface area contributed by atoms with Gasteiger partial charge in [-0.05, 0) is 50.5 Å². The molecule has 0 aromatic heterocycles. The van der Waals surface area contributed by atoms with Crippen molar-refractivity contribution in [1.82, 2.24) is 5.32 Å². The molecule has 0 saturated carbocycles. The van der Waals surface area contributed by atoms with Gasteiger partial charge in [-0.3, -0.25) is 4.79 Å². The minimum atomic E-state index is -0.205. The molecule has 2 N–H and O–H groups in total. The normalized spacial score (nSPS) is 12.0. The average molecular weight is 262 g/mol. The summed E-state index contributed by atoms with van der Waals surface area (Å²) < 4.78 is 0. The van der Waals surface area contributed by atoms with E-state index in [1.54, 1.807) is 0 Å². The molecule has 1 amide bonds. The first-order valence-corrected chi connectivity index (χ1v) is 7.16. The summed E-state index contributed by atoms with van der Waals surface area (Å²) in [6.07, 6.45) is 3.39. The van der Waals surface area contributed by atoms with Gasteiger partial charge in [-0.15, -0.1) is 0 Å². The zero-order valence-electron chi connectivity index (χ0n) is 12.5. The number of unbranched alkanes of at least 4 members (excludes halogenated alkanes) is 2. The van der Waals surface area contributed by atoms with Gasteiger partial charge in [-0.25, -0.2) is 0 Å². The fourth-order valence-corrected chi connectivity index (χ4v) is 1.89. The first kappa shape index (κ1) is 15.5. The molecule has 19 heavy (non-hydrogen) atoms. The van der Waals surface area contributed by atoms with Gasteiger partial charge in [0.2, 0.25) is 5.91 Å². The summed E-state index contributed by atoms with van der Waals surface area (Å²) in [5.41, 5.74) is 3.50. The summed E-state index contributed by atoms with van der Waals surface area (Å²) in [7, 11) is 0. The SMILES string of the molecule is CCCCCNC(=O)C(C)Nc1ccc(C)c(C)c1. The predicted molar refractivity (Wildman–Crippen MR) is 81.5 cm³/mol. The summed E-state index contributed by atoms with van der Waals surface area (Å²) in [6.45, 7) is 8.99. The first-order valence-electron chi connectivity index (χ1n) is 7.16. The van der Waals surface area contributed by atoms with Crippen molar-refractivity contribution in [3.8, 4) is 0 Å². The van der Waals surface area contributed by atoms with Crippen LogP contribution in [0.3, 0.4) is 0 Å². The van der Waals surface area contributed by atoms with E-state index in [0.29, 0.717) is 0 Å². The van der Waals surface area contributed by atoms with Crippen LogP contribution in [0.25, 0.3) is 0 Å². The van der Waals surface area contributed by atoms with Crippen LogP contribution in [-0.4, -0.2) is 18.5 Å². The van der Waals surface area contributed by atoms with Crippen LogP contribution in [0.4, 0.5) is 5.69 Å². The van der Waals surface area contributed by atoms with Gasteiger partial charge in [0.15, 0.2) is 0 Å². The Balaban J connectivity index is 2.42. The standard InChI is InChI=1S/C16H26N2O/c1-5-6-7-10-17-16(19)14(4)18-15-9-8-12(2)13(3)11-15/h8-9,11,14,18H,5-7,10H2,1-4H3,(H,17,19). The summed E-state index contributed by atoms with van der Waals surface area (Å²) in [5, 5.41) is 6.20. The predicted octanol–water partition coefficient (Wildman–Crippen LogP) is 3.41. The van der Waals surface area contributed by atoms with E-state index in [0.717, 1.165) is 18.7 Å². The fraction of sp³-hybridized carbons (Fsp3) is 0.562. The molecule has 0 spiro atoms. The molecule has 0 bridgehead atoms. The lowest BCUT2D eigenvalue weighted by Crippen LogP contribution is -2.38. The van der Waals surface area contributed by atoms with E-state index in [9.17, 15) is 4.79 Å². The average Bonchev–Trinajstić information content (AvgIpc) is 2.38. The highest BCUT2D eigenvalue weighted by Gasteiger charge is 2.11. The number of carbonyl (C=O) groups excluding carboxylic acids is 1. The maximum Gasteiger partial charge on any atom is 0.242 e. The van der Waals surface area contributed by atoms with Gasteiger partial charge in [-0.2, -0.15) is 0 Å². The second-order valence-electron chi connectivity index (χ2n) is 5.16. The topological polar surface area (TPSA) is 41.1 Å². The van der Waals surface area contributed by atoms with E-state index in [4.69, 9.17) is 0 Å². The van der Waals surface area contributed by atoms with Crippen molar-refractivity contribution in [3.05, 3.63) is 29.3 Å². The number of anilines is 1. The van der Waals surface area contributed by atoms with E-state index < -0.39 is 0 Å². The summed E-state index contributed by atoms with van der Waals surface area (Å²) >= 11 is 0. The lowest BCUT2D eigenvalue weighted by Gasteiger charge is -2.16. The van der Waals surface area contributed by atoms with Gasteiger partial charge in [0, 0.05) is 12.2 Å². The number of hydrogen-bond donors (Lipinski definition) is 2. The number of rotatable bonds is 7. The molecule has 0 aliphatic heterocycles. The molecule has 1 atom stereocenters. The van der Waals surface area contributed by atoms with Crippen molar-refractivity contribution in [1.29, 1.82) is 0 Å². The maximum absolute atomic E-state index is 11.9. The number of amides is 1. The van der Waals surface area contributed by atoms with E-state index in [1.807, 2.05) is 13.0 Å². The second kappa shape index (κ2) is 7.82. The highest BCUT2D eigenvalue weighted by Crippen LogP contribution is 2.14. The number of hydrogen-bond acceptors (Lipinski definition) is 2. The summed E-state index contributed by atoms with van der Waals surface area (Å²) in [4.78, 5) is 11.9. The summed E-state index contributed by atoms with van der Waals surface area (Å²) in [5.74, 6) is 0.0642. The Bertz CT molecular complexity index is 415. The van der Waals surface area contributed by atoms with Crippen LogP contribution in [0.1, 0.15) is 44.2 Å². The smallest absolute Gasteiger partial charge is 0.242 e. The molecule has 106 valence electrons. The van der Waals surface area contributed by atoms with Crippen LogP contribution in [0.2, 0.25) is 0 Å². The van der Waals surface area contributed by atoms with Crippen molar-refractivity contribution in [2.45, 2.75) is 53.0 Å². The Morgan fingerprint density at radius 2 is 1.95 bits per heavy atom. The molecule has 1 rings (SSSR count). The third kappa shape index (κ3) is 5.33. The molecule has 1 aromatic rings. The molecule has 3 nitrogen and oxygen atoms in total. The molecule has 0 aliphatic carbocycles. The van der Waals surface area contributed by atoms with Crippen LogP contribution >= 0.6 is 0 Å². The van der Waals surface area contributed by atoms with Crippen molar-refractivity contribution in [2.75, 3.05) is 11.9 Å². The van der Waals surface area contributed by atoms with Crippen LogP contribution in [0.5, 0.6) is 0 Å². The number of nitrogens with one attached hydrogen (secondary N) is 2. The minimum Gasteiger partial charge on any atom is -0.374 e. The van der Waals surface area contributed by atoms with Gasteiger partial charge < -0.3 is 10.6 Å². The van der Waals surface area contributed by atoms with Gasteiger partial charge in [0.05, 0.1) is 0 Å². The summed E-state index contributed by atoms with van der Waals surface area (Å²) in [6, 6.07) is 5.96. The van der Waals surface area contributed by atoms with Gasteiger partial charge >= 0.3 is 0 Å². The molecule has 0 heterocycles. The van der Waals surface area contributed by atoms with Crippen LogP contribution in [0.15, 0.2) is 18.2 Å². The third-order valence-corrected chi connectivity index (χ3v) is 3.36. The van der Waals surface area contributed by atoms with Crippen molar-refractivity contribution < 1.29 is 4.79 Å². The first-order chi connectivity index (χ1) is 9.04. The molecule has 0 aliphatic rings. The molecule has 1 unspecified atom stereocenters. The van der Waals surface area contributed by atoms with Gasteiger partial charge in [0.25, 0.3) is 0 Å². The molecule has 0 saturated heterocycles. The molecule has 3 heteroatoms. The highest BCUT2D eigenvalue weighted by molar-refractivity contribution is 5.84. The largest absolute Gasteiger partial charge is 0.374 e. The Kier molecular flexibility index (Phi) is 6.40. The minimum absolute atomic E-state index is 0.0642.